The maximum absolute atomic E-state index is 11.9. The van der Waals surface area contributed by atoms with E-state index in [-0.39, 0.29) is 18.2 Å². The number of ether oxygens (including phenoxy) is 1. The summed E-state index contributed by atoms with van der Waals surface area (Å²) in [6, 6.07) is 11.9. The molecule has 0 radical (unpaired) electrons. The van der Waals surface area contributed by atoms with Crippen LogP contribution in [-0.2, 0) is 22.6 Å². The second kappa shape index (κ2) is 10.2. The zero-order chi connectivity index (χ0) is 18.9. The van der Waals surface area contributed by atoms with Crippen LogP contribution < -0.4 is 10.6 Å². The standard InChI is InChI=1S/C20H25N3O3S/c24-19(7-8-21-20(25)18-2-1-13-27-18)22-14-16-3-5-17(6-4-16)15-23-9-11-26-12-10-23/h1-6,13H,7-12,14-15H2,(H,21,25)(H,22,24). The lowest BCUT2D eigenvalue weighted by Crippen LogP contribution is -2.35. The Morgan fingerprint density at radius 2 is 1.78 bits per heavy atom. The van der Waals surface area contributed by atoms with Crippen molar-refractivity contribution in [2.75, 3.05) is 32.8 Å². The second-order valence-electron chi connectivity index (χ2n) is 6.46. The SMILES string of the molecule is O=C(CCNC(=O)c1cccs1)NCc1ccc(CN2CCOCC2)cc1. The summed E-state index contributed by atoms with van der Waals surface area (Å²) < 4.78 is 5.37. The van der Waals surface area contributed by atoms with E-state index in [2.05, 4.69) is 39.8 Å². The van der Waals surface area contributed by atoms with Crippen LogP contribution >= 0.6 is 11.3 Å². The molecule has 7 heteroatoms. The van der Waals surface area contributed by atoms with E-state index >= 15 is 0 Å². The van der Waals surface area contributed by atoms with Gasteiger partial charge in [-0.15, -0.1) is 11.3 Å². The fourth-order valence-electron chi connectivity index (χ4n) is 2.85. The molecule has 0 unspecified atom stereocenters. The lowest BCUT2D eigenvalue weighted by Gasteiger charge is -2.26. The quantitative estimate of drug-likeness (QED) is 0.727. The van der Waals surface area contributed by atoms with Crippen molar-refractivity contribution in [3.05, 3.63) is 57.8 Å². The number of hydrogen-bond donors (Lipinski definition) is 2. The third-order valence-electron chi connectivity index (χ3n) is 4.41. The molecule has 1 saturated heterocycles. The van der Waals surface area contributed by atoms with Crippen LogP contribution in [0.15, 0.2) is 41.8 Å². The number of carbonyl (C=O) groups excluding carboxylic acids is 2. The molecular weight excluding hydrogens is 362 g/mol. The summed E-state index contributed by atoms with van der Waals surface area (Å²) in [6.07, 6.45) is 0.270. The van der Waals surface area contributed by atoms with E-state index in [1.165, 1.54) is 16.9 Å². The number of amides is 2. The van der Waals surface area contributed by atoms with Crippen molar-refractivity contribution < 1.29 is 14.3 Å². The van der Waals surface area contributed by atoms with Crippen molar-refractivity contribution in [1.29, 1.82) is 0 Å². The monoisotopic (exact) mass is 387 g/mol. The van der Waals surface area contributed by atoms with Gasteiger partial charge in [0.15, 0.2) is 0 Å². The predicted octanol–water partition coefficient (Wildman–Crippen LogP) is 2.02. The van der Waals surface area contributed by atoms with E-state index in [0.717, 1.165) is 38.4 Å². The van der Waals surface area contributed by atoms with E-state index in [4.69, 9.17) is 4.74 Å². The summed E-state index contributed by atoms with van der Waals surface area (Å²) in [6.45, 7) is 5.31. The smallest absolute Gasteiger partial charge is 0.261 e. The third kappa shape index (κ3) is 6.46. The number of carbonyl (C=O) groups is 2. The highest BCUT2D eigenvalue weighted by molar-refractivity contribution is 7.12. The largest absolute Gasteiger partial charge is 0.379 e. The van der Waals surface area contributed by atoms with E-state index < -0.39 is 0 Å². The van der Waals surface area contributed by atoms with Crippen molar-refractivity contribution in [3.8, 4) is 0 Å². The summed E-state index contributed by atoms with van der Waals surface area (Å²) in [5.41, 5.74) is 2.33. The Kier molecular flexibility index (Phi) is 7.38. The minimum Gasteiger partial charge on any atom is -0.379 e. The molecule has 1 fully saturated rings. The Labute approximate surface area is 163 Å². The summed E-state index contributed by atoms with van der Waals surface area (Å²) in [7, 11) is 0. The van der Waals surface area contributed by atoms with Gasteiger partial charge in [-0.05, 0) is 22.6 Å². The lowest BCUT2D eigenvalue weighted by molar-refractivity contribution is -0.121. The van der Waals surface area contributed by atoms with Gasteiger partial charge in [0.2, 0.25) is 5.91 Å². The van der Waals surface area contributed by atoms with Gasteiger partial charge in [0.25, 0.3) is 5.91 Å². The van der Waals surface area contributed by atoms with Crippen molar-refractivity contribution in [2.24, 2.45) is 0 Å². The first-order valence-electron chi connectivity index (χ1n) is 9.17. The Hall–Kier alpha value is -2.22. The molecule has 3 rings (SSSR count). The van der Waals surface area contributed by atoms with Crippen LogP contribution in [0.25, 0.3) is 0 Å². The van der Waals surface area contributed by atoms with Crippen molar-refractivity contribution in [2.45, 2.75) is 19.5 Å². The van der Waals surface area contributed by atoms with Gasteiger partial charge in [-0.1, -0.05) is 30.3 Å². The molecule has 0 atom stereocenters. The van der Waals surface area contributed by atoms with E-state index in [9.17, 15) is 9.59 Å². The van der Waals surface area contributed by atoms with Crippen molar-refractivity contribution >= 4 is 23.2 Å². The maximum atomic E-state index is 11.9. The van der Waals surface area contributed by atoms with Crippen LogP contribution in [0.2, 0.25) is 0 Å². The van der Waals surface area contributed by atoms with Gasteiger partial charge in [0, 0.05) is 39.1 Å². The zero-order valence-corrected chi connectivity index (χ0v) is 16.1. The first-order valence-corrected chi connectivity index (χ1v) is 10.0. The first-order chi connectivity index (χ1) is 13.2. The highest BCUT2D eigenvalue weighted by Gasteiger charge is 2.11. The number of nitrogens with zero attached hydrogens (tertiary/aromatic N) is 1. The topological polar surface area (TPSA) is 70.7 Å². The van der Waals surface area contributed by atoms with Crippen LogP contribution in [0.1, 0.15) is 27.2 Å². The predicted molar refractivity (Wildman–Crippen MR) is 106 cm³/mol. The van der Waals surface area contributed by atoms with Crippen LogP contribution in [0.5, 0.6) is 0 Å². The molecule has 144 valence electrons. The van der Waals surface area contributed by atoms with Crippen LogP contribution in [-0.4, -0.2) is 49.6 Å². The second-order valence-corrected chi connectivity index (χ2v) is 7.41. The minimum absolute atomic E-state index is 0.0705. The maximum Gasteiger partial charge on any atom is 0.261 e. The molecule has 2 aromatic rings. The fraction of sp³-hybridized carbons (Fsp3) is 0.400. The first kappa shape index (κ1) is 19.5. The summed E-state index contributed by atoms with van der Waals surface area (Å²) in [5, 5.41) is 7.51. The van der Waals surface area contributed by atoms with Crippen LogP contribution in [0, 0.1) is 0 Å². The van der Waals surface area contributed by atoms with Gasteiger partial charge < -0.3 is 15.4 Å². The molecule has 2 N–H and O–H groups in total. The van der Waals surface area contributed by atoms with E-state index in [0.29, 0.717) is 18.0 Å². The summed E-state index contributed by atoms with van der Waals surface area (Å²) in [5.74, 6) is -0.201. The van der Waals surface area contributed by atoms with Gasteiger partial charge >= 0.3 is 0 Å². The van der Waals surface area contributed by atoms with Gasteiger partial charge in [0.1, 0.15) is 0 Å². The molecular formula is C20H25N3O3S. The van der Waals surface area contributed by atoms with Gasteiger partial charge in [0.05, 0.1) is 18.1 Å². The lowest BCUT2D eigenvalue weighted by atomic mass is 10.1. The van der Waals surface area contributed by atoms with E-state index in [1.54, 1.807) is 6.07 Å². The molecule has 1 aromatic heterocycles. The Morgan fingerprint density at radius 1 is 1.04 bits per heavy atom. The summed E-state index contributed by atoms with van der Waals surface area (Å²) in [4.78, 5) is 26.8. The van der Waals surface area contributed by atoms with Crippen LogP contribution in [0.4, 0.5) is 0 Å². The number of rotatable bonds is 8. The van der Waals surface area contributed by atoms with Crippen LogP contribution in [0.3, 0.4) is 0 Å². The summed E-state index contributed by atoms with van der Waals surface area (Å²) >= 11 is 1.39. The number of hydrogen-bond acceptors (Lipinski definition) is 5. The zero-order valence-electron chi connectivity index (χ0n) is 15.3. The number of nitrogens with one attached hydrogen (secondary N) is 2. The normalized spacial score (nSPS) is 14.7. The molecule has 1 aliphatic rings. The Balaban J connectivity index is 1.34. The molecule has 0 saturated carbocycles. The minimum atomic E-state index is -0.131. The molecule has 1 aromatic carbocycles. The molecule has 2 heterocycles. The van der Waals surface area contributed by atoms with Crippen molar-refractivity contribution in [3.63, 3.8) is 0 Å². The van der Waals surface area contributed by atoms with Crippen molar-refractivity contribution in [1.82, 2.24) is 15.5 Å². The van der Waals surface area contributed by atoms with Gasteiger partial charge in [-0.25, -0.2) is 0 Å². The highest BCUT2D eigenvalue weighted by Crippen LogP contribution is 2.09. The van der Waals surface area contributed by atoms with Gasteiger partial charge in [-0.2, -0.15) is 0 Å². The highest BCUT2D eigenvalue weighted by atomic mass is 32.1. The third-order valence-corrected chi connectivity index (χ3v) is 5.27. The average molecular weight is 388 g/mol. The molecule has 0 aliphatic carbocycles. The molecule has 0 spiro atoms. The fourth-order valence-corrected chi connectivity index (χ4v) is 3.49. The molecule has 2 amide bonds. The molecule has 0 bridgehead atoms. The molecule has 1 aliphatic heterocycles. The number of thiophene rings is 1. The number of benzene rings is 1. The average Bonchev–Trinajstić information content (AvgIpc) is 3.23. The molecule has 6 nitrogen and oxygen atoms in total. The van der Waals surface area contributed by atoms with E-state index in [1.807, 2.05) is 11.4 Å². The van der Waals surface area contributed by atoms with Gasteiger partial charge in [-0.3, -0.25) is 14.5 Å². The number of morpholine rings is 1. The Bertz CT molecular complexity index is 725. The molecule has 27 heavy (non-hydrogen) atoms. The Morgan fingerprint density at radius 3 is 2.48 bits per heavy atom.